The molecule has 4 rings (SSSR count). The average molecular weight is 394 g/mol. The predicted octanol–water partition coefficient (Wildman–Crippen LogP) is 4.15. The zero-order valence-corrected chi connectivity index (χ0v) is 15.9. The normalized spacial score (nSPS) is 17.5. The number of nitrogens with zero attached hydrogens (tertiary/aromatic N) is 1. The van der Waals surface area contributed by atoms with Gasteiger partial charge in [-0.05, 0) is 29.1 Å². The van der Waals surface area contributed by atoms with Crippen molar-refractivity contribution >= 4 is 28.8 Å². The van der Waals surface area contributed by atoms with E-state index in [-0.39, 0.29) is 36.5 Å². The Morgan fingerprint density at radius 1 is 1.07 bits per heavy atom. The molecule has 1 aromatic heterocycles. The van der Waals surface area contributed by atoms with Gasteiger partial charge in [0, 0.05) is 17.8 Å². The zero-order valence-electron chi connectivity index (χ0n) is 15.0. The summed E-state index contributed by atoms with van der Waals surface area (Å²) >= 11 is 1.57. The standard InChI is InChI=1S/C22H19FN2O2S/c23-17-9-4-5-10-18(17)25-14-16(13-20(25)26)22(27)24-21(19-11-6-12-28-19)15-7-2-1-3-8-15/h1-12,16,21H,13-14H2,(H,24,27). The first-order chi connectivity index (χ1) is 13.6. The molecule has 0 bridgehead atoms. The van der Waals surface area contributed by atoms with Gasteiger partial charge in [0.05, 0.1) is 17.6 Å². The fourth-order valence-electron chi connectivity index (χ4n) is 3.47. The van der Waals surface area contributed by atoms with E-state index < -0.39 is 11.7 Å². The summed E-state index contributed by atoms with van der Waals surface area (Å²) in [5.74, 6) is -1.41. The lowest BCUT2D eigenvalue weighted by Crippen LogP contribution is -2.35. The molecule has 142 valence electrons. The van der Waals surface area contributed by atoms with Crippen LogP contribution in [-0.2, 0) is 9.59 Å². The number of thiophene rings is 1. The summed E-state index contributed by atoms with van der Waals surface area (Å²) in [6.45, 7) is 0.178. The molecule has 2 aromatic carbocycles. The smallest absolute Gasteiger partial charge is 0.227 e. The third-order valence-corrected chi connectivity index (χ3v) is 5.82. The van der Waals surface area contributed by atoms with Crippen LogP contribution in [0.25, 0.3) is 0 Å². The number of carbonyl (C=O) groups excluding carboxylic acids is 2. The number of amides is 2. The van der Waals surface area contributed by atoms with Crippen molar-refractivity contribution < 1.29 is 14.0 Å². The fourth-order valence-corrected chi connectivity index (χ4v) is 4.27. The second-order valence-corrected chi connectivity index (χ2v) is 7.70. The molecule has 1 aliphatic heterocycles. The highest BCUT2D eigenvalue weighted by atomic mass is 32.1. The van der Waals surface area contributed by atoms with E-state index in [1.54, 1.807) is 29.5 Å². The average Bonchev–Trinajstić information content (AvgIpc) is 3.37. The molecular weight excluding hydrogens is 375 g/mol. The number of carbonyl (C=O) groups is 2. The molecular formula is C22H19FN2O2S. The molecule has 0 aliphatic carbocycles. The highest BCUT2D eigenvalue weighted by Crippen LogP contribution is 2.30. The van der Waals surface area contributed by atoms with E-state index in [4.69, 9.17) is 0 Å². The van der Waals surface area contributed by atoms with Crippen LogP contribution in [0.2, 0.25) is 0 Å². The molecule has 2 heterocycles. The molecule has 1 N–H and O–H groups in total. The Balaban J connectivity index is 1.53. The Morgan fingerprint density at radius 3 is 2.54 bits per heavy atom. The Kier molecular flexibility index (Phi) is 5.21. The van der Waals surface area contributed by atoms with Gasteiger partial charge in [-0.3, -0.25) is 9.59 Å². The number of para-hydroxylation sites is 1. The van der Waals surface area contributed by atoms with Crippen LogP contribution >= 0.6 is 11.3 Å². The molecule has 0 saturated carbocycles. The molecule has 1 fully saturated rings. The van der Waals surface area contributed by atoms with Crippen LogP contribution in [0.4, 0.5) is 10.1 Å². The van der Waals surface area contributed by atoms with Crippen LogP contribution in [0.3, 0.4) is 0 Å². The Morgan fingerprint density at radius 2 is 1.82 bits per heavy atom. The van der Waals surface area contributed by atoms with Crippen molar-refractivity contribution in [1.82, 2.24) is 5.32 Å². The predicted molar refractivity (Wildman–Crippen MR) is 108 cm³/mol. The minimum Gasteiger partial charge on any atom is -0.344 e. The van der Waals surface area contributed by atoms with Crippen LogP contribution in [0, 0.1) is 11.7 Å². The van der Waals surface area contributed by atoms with E-state index in [0.29, 0.717) is 0 Å². The second kappa shape index (κ2) is 7.94. The number of anilines is 1. The number of hydrogen-bond donors (Lipinski definition) is 1. The number of rotatable bonds is 5. The third-order valence-electron chi connectivity index (χ3n) is 4.89. The zero-order chi connectivity index (χ0) is 19.5. The van der Waals surface area contributed by atoms with Crippen LogP contribution < -0.4 is 10.2 Å². The Hall–Kier alpha value is -2.99. The van der Waals surface area contributed by atoms with Crippen molar-refractivity contribution in [3.63, 3.8) is 0 Å². The van der Waals surface area contributed by atoms with Gasteiger partial charge in [-0.2, -0.15) is 0 Å². The molecule has 2 amide bonds. The van der Waals surface area contributed by atoms with Crippen molar-refractivity contribution in [2.24, 2.45) is 5.92 Å². The van der Waals surface area contributed by atoms with Crippen molar-refractivity contribution in [2.45, 2.75) is 12.5 Å². The van der Waals surface area contributed by atoms with Crippen LogP contribution in [0.5, 0.6) is 0 Å². The van der Waals surface area contributed by atoms with Crippen molar-refractivity contribution in [1.29, 1.82) is 0 Å². The first-order valence-electron chi connectivity index (χ1n) is 9.07. The molecule has 1 saturated heterocycles. The molecule has 28 heavy (non-hydrogen) atoms. The summed E-state index contributed by atoms with van der Waals surface area (Å²) in [5, 5.41) is 5.05. The first-order valence-corrected chi connectivity index (χ1v) is 9.95. The molecule has 3 aromatic rings. The summed E-state index contributed by atoms with van der Waals surface area (Å²) in [4.78, 5) is 27.7. The van der Waals surface area contributed by atoms with Gasteiger partial charge in [-0.1, -0.05) is 48.5 Å². The third kappa shape index (κ3) is 3.68. The minimum absolute atomic E-state index is 0.0755. The van der Waals surface area contributed by atoms with Crippen molar-refractivity contribution in [2.75, 3.05) is 11.4 Å². The highest BCUT2D eigenvalue weighted by Gasteiger charge is 2.37. The topological polar surface area (TPSA) is 49.4 Å². The summed E-state index contributed by atoms with van der Waals surface area (Å²) in [5.41, 5.74) is 1.20. The van der Waals surface area contributed by atoms with Gasteiger partial charge in [0.2, 0.25) is 11.8 Å². The molecule has 2 atom stereocenters. The molecule has 2 unspecified atom stereocenters. The van der Waals surface area contributed by atoms with Crippen LogP contribution in [-0.4, -0.2) is 18.4 Å². The summed E-state index contributed by atoms with van der Waals surface area (Å²) in [6, 6.07) is 19.5. The van der Waals surface area contributed by atoms with E-state index in [9.17, 15) is 14.0 Å². The van der Waals surface area contributed by atoms with Crippen molar-refractivity contribution in [3.8, 4) is 0 Å². The fraction of sp³-hybridized carbons (Fsp3) is 0.182. The Bertz CT molecular complexity index is 975. The molecule has 6 heteroatoms. The van der Waals surface area contributed by atoms with E-state index in [2.05, 4.69) is 5.32 Å². The van der Waals surface area contributed by atoms with Crippen LogP contribution in [0.15, 0.2) is 72.1 Å². The molecule has 1 aliphatic rings. The highest BCUT2D eigenvalue weighted by molar-refractivity contribution is 7.10. The SMILES string of the molecule is O=C(NC(c1ccccc1)c1cccs1)C1CC(=O)N(c2ccccc2F)C1. The largest absolute Gasteiger partial charge is 0.344 e. The van der Waals surface area contributed by atoms with Gasteiger partial charge in [-0.15, -0.1) is 11.3 Å². The summed E-state index contributed by atoms with van der Waals surface area (Å²) < 4.78 is 14.1. The maximum Gasteiger partial charge on any atom is 0.227 e. The molecule has 0 spiro atoms. The minimum atomic E-state index is -0.515. The lowest BCUT2D eigenvalue weighted by molar-refractivity contribution is -0.126. The summed E-state index contributed by atoms with van der Waals surface area (Å²) in [7, 11) is 0. The lowest BCUT2D eigenvalue weighted by atomic mass is 10.0. The Labute approximate surface area is 166 Å². The van der Waals surface area contributed by atoms with Gasteiger partial charge >= 0.3 is 0 Å². The van der Waals surface area contributed by atoms with Gasteiger partial charge in [0.25, 0.3) is 0 Å². The van der Waals surface area contributed by atoms with E-state index in [0.717, 1.165) is 10.4 Å². The van der Waals surface area contributed by atoms with Gasteiger partial charge in [0.1, 0.15) is 5.82 Å². The van der Waals surface area contributed by atoms with E-state index in [1.165, 1.54) is 11.0 Å². The molecule has 0 radical (unpaired) electrons. The quantitative estimate of drug-likeness (QED) is 0.707. The number of halogens is 1. The van der Waals surface area contributed by atoms with Gasteiger partial charge in [0.15, 0.2) is 0 Å². The lowest BCUT2D eigenvalue weighted by Gasteiger charge is -2.21. The maximum absolute atomic E-state index is 14.1. The maximum atomic E-state index is 14.1. The monoisotopic (exact) mass is 394 g/mol. The number of nitrogens with one attached hydrogen (secondary N) is 1. The van der Waals surface area contributed by atoms with E-state index in [1.807, 2.05) is 47.8 Å². The second-order valence-electron chi connectivity index (χ2n) is 6.72. The molecule has 4 nitrogen and oxygen atoms in total. The number of hydrogen-bond acceptors (Lipinski definition) is 3. The summed E-state index contributed by atoms with van der Waals surface area (Å²) in [6.07, 6.45) is 0.0755. The van der Waals surface area contributed by atoms with Gasteiger partial charge < -0.3 is 10.2 Å². The number of benzene rings is 2. The van der Waals surface area contributed by atoms with Crippen molar-refractivity contribution in [3.05, 3.63) is 88.4 Å². The first kappa shape index (κ1) is 18.4. The van der Waals surface area contributed by atoms with E-state index >= 15 is 0 Å². The van der Waals surface area contributed by atoms with Gasteiger partial charge in [-0.25, -0.2) is 4.39 Å². The van der Waals surface area contributed by atoms with Crippen LogP contribution in [0.1, 0.15) is 22.9 Å².